The highest BCUT2D eigenvalue weighted by Gasteiger charge is 2.35. The summed E-state index contributed by atoms with van der Waals surface area (Å²) in [4.78, 5) is 17.9. The van der Waals surface area contributed by atoms with Gasteiger partial charge in [-0.15, -0.1) is 0 Å². The molecule has 0 aromatic carbocycles. The van der Waals surface area contributed by atoms with Crippen LogP contribution in [-0.4, -0.2) is 23.5 Å². The molecule has 0 atom stereocenters. The van der Waals surface area contributed by atoms with Crippen molar-refractivity contribution in [1.29, 1.82) is 0 Å². The fraction of sp³-hybridized carbons (Fsp3) is 0.400. The molecule has 2 aliphatic rings. The highest BCUT2D eigenvalue weighted by atomic mass is 79.9. The van der Waals surface area contributed by atoms with Crippen molar-refractivity contribution >= 4 is 33.3 Å². The molecule has 1 aromatic rings. The van der Waals surface area contributed by atoms with Gasteiger partial charge in [0.2, 0.25) is 5.91 Å². The molecule has 78 valence electrons. The van der Waals surface area contributed by atoms with Gasteiger partial charge in [0, 0.05) is 16.7 Å². The van der Waals surface area contributed by atoms with Gasteiger partial charge < -0.3 is 10.2 Å². The second-order valence-corrected chi connectivity index (χ2v) is 4.85. The monoisotopic (exact) mass is 267 g/mol. The summed E-state index contributed by atoms with van der Waals surface area (Å²) in [7, 11) is 0. The maximum Gasteiger partial charge on any atom is 0.244 e. The van der Waals surface area contributed by atoms with Gasteiger partial charge in [0.1, 0.15) is 0 Å². The number of hydrogen-bond donors (Lipinski definition) is 1. The smallest absolute Gasteiger partial charge is 0.244 e. The molecule has 0 saturated heterocycles. The first-order chi connectivity index (χ1) is 7.24. The van der Waals surface area contributed by atoms with Crippen molar-refractivity contribution in [1.82, 2.24) is 4.98 Å². The number of carbonyl (C=O) groups is 1. The van der Waals surface area contributed by atoms with Crippen molar-refractivity contribution in [2.45, 2.75) is 18.9 Å². The first-order valence-electron chi connectivity index (χ1n) is 4.96. The Morgan fingerprint density at radius 3 is 3.07 bits per heavy atom. The minimum absolute atomic E-state index is 0.0503. The molecule has 0 bridgehead atoms. The van der Waals surface area contributed by atoms with E-state index in [-0.39, 0.29) is 5.91 Å². The van der Waals surface area contributed by atoms with E-state index < -0.39 is 0 Å². The van der Waals surface area contributed by atoms with Gasteiger partial charge >= 0.3 is 0 Å². The summed E-state index contributed by atoms with van der Waals surface area (Å²) in [6, 6.07) is 2.41. The van der Waals surface area contributed by atoms with E-state index >= 15 is 0 Å². The maximum absolute atomic E-state index is 11.5. The normalized spacial score (nSPS) is 19.8. The highest BCUT2D eigenvalue weighted by Crippen LogP contribution is 2.37. The summed E-state index contributed by atoms with van der Waals surface area (Å²) < 4.78 is 0.888. The van der Waals surface area contributed by atoms with Crippen LogP contribution in [0.1, 0.15) is 12.8 Å². The van der Waals surface area contributed by atoms with Crippen LogP contribution in [0.3, 0.4) is 0 Å². The molecule has 0 spiro atoms. The molecule has 0 radical (unpaired) electrons. The van der Waals surface area contributed by atoms with Gasteiger partial charge in [-0.3, -0.25) is 4.79 Å². The van der Waals surface area contributed by atoms with E-state index in [0.717, 1.165) is 16.0 Å². The molecular formula is C10H10BrN3O. The summed E-state index contributed by atoms with van der Waals surface area (Å²) in [5, 5.41) is 2.84. The first kappa shape index (κ1) is 9.15. The molecular weight excluding hydrogens is 258 g/mol. The number of rotatable bonds is 1. The van der Waals surface area contributed by atoms with E-state index in [4.69, 9.17) is 0 Å². The number of nitrogens with zero attached hydrogens (tertiary/aromatic N) is 2. The SMILES string of the molecule is O=C1CN(C2CC2)c2ncc(Br)cc2N1. The van der Waals surface area contributed by atoms with Crippen LogP contribution in [-0.2, 0) is 4.79 Å². The number of amides is 1. The van der Waals surface area contributed by atoms with E-state index in [1.165, 1.54) is 12.8 Å². The van der Waals surface area contributed by atoms with Crippen LogP contribution in [0.5, 0.6) is 0 Å². The number of anilines is 2. The minimum Gasteiger partial charge on any atom is -0.343 e. The standard InChI is InChI=1S/C10H10BrN3O/c11-6-3-8-10(12-4-6)14(7-1-2-7)5-9(15)13-8/h3-4,7H,1-2,5H2,(H,13,15). The lowest BCUT2D eigenvalue weighted by Gasteiger charge is -2.29. The molecule has 5 heteroatoms. The molecule has 1 fully saturated rings. The van der Waals surface area contributed by atoms with Gasteiger partial charge in [-0.25, -0.2) is 4.98 Å². The van der Waals surface area contributed by atoms with Gasteiger partial charge in [-0.2, -0.15) is 0 Å². The number of hydrogen-bond acceptors (Lipinski definition) is 3. The zero-order valence-corrected chi connectivity index (χ0v) is 9.62. The lowest BCUT2D eigenvalue weighted by atomic mass is 10.2. The van der Waals surface area contributed by atoms with Crippen molar-refractivity contribution in [3.8, 4) is 0 Å². The third-order valence-electron chi connectivity index (χ3n) is 2.68. The van der Waals surface area contributed by atoms with Crippen LogP contribution in [0.25, 0.3) is 0 Å². The largest absolute Gasteiger partial charge is 0.343 e. The fourth-order valence-electron chi connectivity index (χ4n) is 1.86. The van der Waals surface area contributed by atoms with Gasteiger partial charge in [-0.1, -0.05) is 0 Å². The van der Waals surface area contributed by atoms with Gasteiger partial charge in [-0.05, 0) is 34.8 Å². The average molecular weight is 268 g/mol. The van der Waals surface area contributed by atoms with Crippen molar-refractivity contribution in [3.63, 3.8) is 0 Å². The number of halogens is 1. The average Bonchev–Trinajstić information content (AvgIpc) is 2.98. The number of fused-ring (bicyclic) bond motifs is 1. The molecule has 1 N–H and O–H groups in total. The number of pyridine rings is 1. The predicted molar refractivity (Wildman–Crippen MR) is 60.9 cm³/mol. The Labute approximate surface area is 95.8 Å². The fourth-order valence-corrected chi connectivity index (χ4v) is 2.19. The molecule has 4 nitrogen and oxygen atoms in total. The second-order valence-electron chi connectivity index (χ2n) is 3.93. The van der Waals surface area contributed by atoms with Crippen LogP contribution in [0, 0.1) is 0 Å². The van der Waals surface area contributed by atoms with E-state index in [1.807, 2.05) is 6.07 Å². The molecule has 1 aliphatic heterocycles. The highest BCUT2D eigenvalue weighted by molar-refractivity contribution is 9.10. The van der Waals surface area contributed by atoms with Crippen molar-refractivity contribution in [2.24, 2.45) is 0 Å². The van der Waals surface area contributed by atoms with E-state index in [0.29, 0.717) is 12.6 Å². The molecule has 1 saturated carbocycles. The second kappa shape index (κ2) is 3.20. The lowest BCUT2D eigenvalue weighted by molar-refractivity contribution is -0.115. The summed E-state index contributed by atoms with van der Waals surface area (Å²) in [6.07, 6.45) is 4.11. The molecule has 1 amide bonds. The summed E-state index contributed by atoms with van der Waals surface area (Å²) >= 11 is 3.35. The number of aromatic nitrogens is 1. The van der Waals surface area contributed by atoms with E-state index in [2.05, 4.69) is 31.1 Å². The molecule has 1 aromatic heterocycles. The molecule has 0 unspecified atom stereocenters. The third-order valence-corrected chi connectivity index (χ3v) is 3.11. The molecule has 2 heterocycles. The third kappa shape index (κ3) is 1.61. The van der Waals surface area contributed by atoms with Gasteiger partial charge in [0.15, 0.2) is 5.82 Å². The molecule has 15 heavy (non-hydrogen) atoms. The Morgan fingerprint density at radius 2 is 2.33 bits per heavy atom. The Bertz CT molecular complexity index is 431. The first-order valence-corrected chi connectivity index (χ1v) is 5.75. The summed E-state index contributed by atoms with van der Waals surface area (Å²) in [5.74, 6) is 0.953. The quantitative estimate of drug-likeness (QED) is 0.844. The zero-order chi connectivity index (χ0) is 10.4. The lowest BCUT2D eigenvalue weighted by Crippen LogP contribution is -2.40. The number of nitrogens with one attached hydrogen (secondary N) is 1. The van der Waals surface area contributed by atoms with Crippen LogP contribution < -0.4 is 10.2 Å². The molecule has 3 rings (SSSR count). The topological polar surface area (TPSA) is 45.2 Å². The van der Waals surface area contributed by atoms with Crippen LogP contribution in [0.4, 0.5) is 11.5 Å². The van der Waals surface area contributed by atoms with Crippen molar-refractivity contribution in [2.75, 3.05) is 16.8 Å². The van der Waals surface area contributed by atoms with Crippen molar-refractivity contribution < 1.29 is 4.79 Å². The van der Waals surface area contributed by atoms with Crippen LogP contribution in [0.2, 0.25) is 0 Å². The van der Waals surface area contributed by atoms with E-state index in [1.54, 1.807) is 6.20 Å². The Balaban J connectivity index is 2.05. The maximum atomic E-state index is 11.5. The van der Waals surface area contributed by atoms with Crippen LogP contribution >= 0.6 is 15.9 Å². The summed E-state index contributed by atoms with van der Waals surface area (Å²) in [5.41, 5.74) is 0.813. The summed E-state index contributed by atoms with van der Waals surface area (Å²) in [6.45, 7) is 0.437. The molecule has 1 aliphatic carbocycles. The zero-order valence-electron chi connectivity index (χ0n) is 8.03. The Hall–Kier alpha value is -1.10. The van der Waals surface area contributed by atoms with Gasteiger partial charge in [0.25, 0.3) is 0 Å². The van der Waals surface area contributed by atoms with E-state index in [9.17, 15) is 4.79 Å². The Kier molecular flexibility index (Phi) is 1.95. The minimum atomic E-state index is 0.0503. The van der Waals surface area contributed by atoms with Crippen LogP contribution in [0.15, 0.2) is 16.7 Å². The predicted octanol–water partition coefficient (Wildman–Crippen LogP) is 1.77. The number of carbonyl (C=O) groups excluding carboxylic acids is 1. The van der Waals surface area contributed by atoms with Gasteiger partial charge in [0.05, 0.1) is 12.2 Å². The van der Waals surface area contributed by atoms with Crippen molar-refractivity contribution in [3.05, 3.63) is 16.7 Å². The Morgan fingerprint density at radius 1 is 1.53 bits per heavy atom.